The highest BCUT2D eigenvalue weighted by molar-refractivity contribution is 5.76. The molecule has 0 atom stereocenters. The van der Waals surface area contributed by atoms with Crippen LogP contribution >= 0.6 is 0 Å². The first-order valence-corrected chi connectivity index (χ1v) is 7.85. The molecule has 0 spiro atoms. The van der Waals surface area contributed by atoms with Crippen LogP contribution in [0.5, 0.6) is 5.75 Å². The summed E-state index contributed by atoms with van der Waals surface area (Å²) in [6.45, 7) is 4.41. The van der Waals surface area contributed by atoms with Crippen molar-refractivity contribution in [2.45, 2.75) is 39.0 Å². The van der Waals surface area contributed by atoms with E-state index in [1.54, 1.807) is 12.1 Å². The van der Waals surface area contributed by atoms with Crippen molar-refractivity contribution in [2.24, 2.45) is 5.92 Å². The second-order valence-electron chi connectivity index (χ2n) is 5.69. The number of likely N-dealkylation sites (tertiary alicyclic amines) is 1. The van der Waals surface area contributed by atoms with E-state index in [0.29, 0.717) is 24.7 Å². The molecule has 0 unspecified atom stereocenters. The third kappa shape index (κ3) is 5.03. The number of halogens is 1. The van der Waals surface area contributed by atoms with Crippen molar-refractivity contribution >= 4 is 5.91 Å². The molecule has 0 radical (unpaired) electrons. The van der Waals surface area contributed by atoms with Crippen LogP contribution in [0.3, 0.4) is 0 Å². The predicted octanol–water partition coefficient (Wildman–Crippen LogP) is 3.63. The number of nitrogens with zero attached hydrogens (tertiary/aromatic N) is 1. The molecule has 4 heteroatoms. The number of carbonyl (C=O) groups excluding carboxylic acids is 1. The maximum Gasteiger partial charge on any atom is 0.222 e. The highest BCUT2D eigenvalue weighted by Gasteiger charge is 2.22. The lowest BCUT2D eigenvalue weighted by atomic mass is 9.97. The van der Waals surface area contributed by atoms with Crippen molar-refractivity contribution in [1.29, 1.82) is 0 Å². The minimum atomic E-state index is -0.249. The average Bonchev–Trinajstić information content (AvgIpc) is 2.52. The summed E-state index contributed by atoms with van der Waals surface area (Å²) in [5.41, 5.74) is 0. The number of hydrogen-bond donors (Lipinski definition) is 0. The SMILES string of the molecule is CCCCC(=O)N1CCC(COc2ccc(F)cc2)CC1. The summed E-state index contributed by atoms with van der Waals surface area (Å²) in [6, 6.07) is 6.12. The molecule has 1 aliphatic rings. The van der Waals surface area contributed by atoms with Gasteiger partial charge in [0.1, 0.15) is 11.6 Å². The van der Waals surface area contributed by atoms with Gasteiger partial charge in [-0.25, -0.2) is 4.39 Å². The minimum Gasteiger partial charge on any atom is -0.493 e. The van der Waals surface area contributed by atoms with Crippen LogP contribution in [0, 0.1) is 11.7 Å². The van der Waals surface area contributed by atoms with Gasteiger partial charge in [-0.2, -0.15) is 0 Å². The molecule has 0 bridgehead atoms. The van der Waals surface area contributed by atoms with E-state index >= 15 is 0 Å². The lowest BCUT2D eigenvalue weighted by Gasteiger charge is -2.32. The van der Waals surface area contributed by atoms with Crippen LogP contribution in [-0.4, -0.2) is 30.5 Å². The van der Waals surface area contributed by atoms with E-state index in [2.05, 4.69) is 6.92 Å². The molecule has 1 aromatic carbocycles. The monoisotopic (exact) mass is 293 g/mol. The largest absolute Gasteiger partial charge is 0.493 e. The zero-order valence-corrected chi connectivity index (χ0v) is 12.7. The molecular formula is C17H24FNO2. The van der Waals surface area contributed by atoms with Crippen molar-refractivity contribution < 1.29 is 13.9 Å². The van der Waals surface area contributed by atoms with Crippen LogP contribution in [-0.2, 0) is 4.79 Å². The first-order valence-electron chi connectivity index (χ1n) is 7.85. The Labute approximate surface area is 126 Å². The van der Waals surface area contributed by atoms with Crippen molar-refractivity contribution in [3.05, 3.63) is 30.1 Å². The summed E-state index contributed by atoms with van der Waals surface area (Å²) in [7, 11) is 0. The fourth-order valence-corrected chi connectivity index (χ4v) is 2.58. The summed E-state index contributed by atoms with van der Waals surface area (Å²) >= 11 is 0. The Morgan fingerprint density at radius 1 is 1.29 bits per heavy atom. The Hall–Kier alpha value is -1.58. The molecule has 1 aromatic rings. The van der Waals surface area contributed by atoms with E-state index in [1.807, 2.05) is 4.90 Å². The molecule has 1 amide bonds. The van der Waals surface area contributed by atoms with Gasteiger partial charge in [0.2, 0.25) is 5.91 Å². The molecule has 0 N–H and O–H groups in total. The Kier molecular flexibility index (Phi) is 6.03. The van der Waals surface area contributed by atoms with Crippen LogP contribution in [0.15, 0.2) is 24.3 Å². The van der Waals surface area contributed by atoms with Gasteiger partial charge in [0.15, 0.2) is 0 Å². The van der Waals surface area contributed by atoms with Gasteiger partial charge in [-0.05, 0) is 49.4 Å². The molecule has 1 aliphatic heterocycles. The molecule has 116 valence electrons. The highest BCUT2D eigenvalue weighted by Crippen LogP contribution is 2.20. The van der Waals surface area contributed by atoms with Gasteiger partial charge in [0.05, 0.1) is 6.61 Å². The first kappa shape index (κ1) is 15.8. The second-order valence-corrected chi connectivity index (χ2v) is 5.69. The van der Waals surface area contributed by atoms with Gasteiger partial charge < -0.3 is 9.64 Å². The lowest BCUT2D eigenvalue weighted by molar-refractivity contribution is -0.132. The molecule has 21 heavy (non-hydrogen) atoms. The van der Waals surface area contributed by atoms with Crippen molar-refractivity contribution in [1.82, 2.24) is 4.90 Å². The van der Waals surface area contributed by atoms with Gasteiger partial charge in [-0.15, -0.1) is 0 Å². The van der Waals surface area contributed by atoms with Crippen molar-refractivity contribution in [3.8, 4) is 5.75 Å². The predicted molar refractivity (Wildman–Crippen MR) is 80.7 cm³/mol. The van der Waals surface area contributed by atoms with Crippen LogP contribution in [0.1, 0.15) is 39.0 Å². The second kappa shape index (κ2) is 8.01. The van der Waals surface area contributed by atoms with Gasteiger partial charge in [-0.3, -0.25) is 4.79 Å². The highest BCUT2D eigenvalue weighted by atomic mass is 19.1. The maximum absolute atomic E-state index is 12.8. The molecule has 0 saturated carbocycles. The third-order valence-corrected chi connectivity index (χ3v) is 4.01. The lowest BCUT2D eigenvalue weighted by Crippen LogP contribution is -2.39. The molecule has 1 heterocycles. The van der Waals surface area contributed by atoms with Crippen LogP contribution in [0.25, 0.3) is 0 Å². The number of unbranched alkanes of at least 4 members (excludes halogenated alkanes) is 1. The summed E-state index contributed by atoms with van der Waals surface area (Å²) in [5.74, 6) is 1.22. The summed E-state index contributed by atoms with van der Waals surface area (Å²) in [6.07, 6.45) is 4.69. The van der Waals surface area contributed by atoms with Crippen LogP contribution < -0.4 is 4.74 Å². The zero-order valence-electron chi connectivity index (χ0n) is 12.7. The van der Waals surface area contributed by atoms with E-state index in [1.165, 1.54) is 12.1 Å². The molecule has 3 nitrogen and oxygen atoms in total. The maximum atomic E-state index is 12.8. The summed E-state index contributed by atoms with van der Waals surface area (Å²) in [4.78, 5) is 13.9. The fourth-order valence-electron chi connectivity index (χ4n) is 2.58. The summed E-state index contributed by atoms with van der Waals surface area (Å²) < 4.78 is 18.5. The zero-order chi connectivity index (χ0) is 15.1. The molecule has 1 fully saturated rings. The Morgan fingerprint density at radius 2 is 1.95 bits per heavy atom. The van der Waals surface area contributed by atoms with Crippen LogP contribution in [0.4, 0.5) is 4.39 Å². The minimum absolute atomic E-state index is 0.249. The molecular weight excluding hydrogens is 269 g/mol. The molecule has 1 saturated heterocycles. The summed E-state index contributed by atoms with van der Waals surface area (Å²) in [5, 5.41) is 0. The number of piperidine rings is 1. The topological polar surface area (TPSA) is 29.5 Å². The fraction of sp³-hybridized carbons (Fsp3) is 0.588. The molecule has 0 aliphatic carbocycles. The molecule has 2 rings (SSSR count). The smallest absolute Gasteiger partial charge is 0.222 e. The number of ether oxygens (including phenoxy) is 1. The van der Waals surface area contributed by atoms with Gasteiger partial charge >= 0.3 is 0 Å². The number of hydrogen-bond acceptors (Lipinski definition) is 2. The van der Waals surface area contributed by atoms with Crippen molar-refractivity contribution in [2.75, 3.05) is 19.7 Å². The quantitative estimate of drug-likeness (QED) is 0.801. The van der Waals surface area contributed by atoms with E-state index in [4.69, 9.17) is 4.74 Å². The first-order chi connectivity index (χ1) is 10.2. The number of carbonyl (C=O) groups is 1. The van der Waals surface area contributed by atoms with E-state index in [9.17, 15) is 9.18 Å². The Bertz CT molecular complexity index is 439. The van der Waals surface area contributed by atoms with Crippen molar-refractivity contribution in [3.63, 3.8) is 0 Å². The van der Waals surface area contributed by atoms with E-state index in [0.717, 1.165) is 38.8 Å². The van der Waals surface area contributed by atoms with Gasteiger partial charge in [0.25, 0.3) is 0 Å². The van der Waals surface area contributed by atoms with Gasteiger partial charge in [-0.1, -0.05) is 13.3 Å². The third-order valence-electron chi connectivity index (χ3n) is 4.01. The van der Waals surface area contributed by atoms with Gasteiger partial charge in [0, 0.05) is 19.5 Å². The number of rotatable bonds is 6. The molecule has 0 aromatic heterocycles. The Morgan fingerprint density at radius 3 is 2.57 bits per heavy atom. The number of amides is 1. The average molecular weight is 293 g/mol. The van der Waals surface area contributed by atoms with Crippen LogP contribution in [0.2, 0.25) is 0 Å². The Balaban J connectivity index is 1.69. The number of benzene rings is 1. The standard InChI is InChI=1S/C17H24FNO2/c1-2-3-4-17(20)19-11-9-14(10-12-19)13-21-16-7-5-15(18)6-8-16/h5-8,14H,2-4,9-13H2,1H3. The van der Waals surface area contributed by atoms with E-state index in [-0.39, 0.29) is 11.7 Å². The van der Waals surface area contributed by atoms with E-state index < -0.39 is 0 Å². The normalized spacial score (nSPS) is 16.0.